The second-order valence-electron chi connectivity index (χ2n) is 6.62. The van der Waals surface area contributed by atoms with Crippen LogP contribution >= 0.6 is 11.6 Å². The predicted molar refractivity (Wildman–Crippen MR) is 102 cm³/mol. The minimum absolute atomic E-state index is 0.192. The Balaban J connectivity index is 1.64. The van der Waals surface area contributed by atoms with Crippen LogP contribution in [0, 0.1) is 0 Å². The van der Waals surface area contributed by atoms with Crippen LogP contribution in [-0.2, 0) is 9.47 Å². The first kappa shape index (κ1) is 20.0. The third kappa shape index (κ3) is 4.57. The van der Waals surface area contributed by atoms with E-state index in [4.69, 9.17) is 30.5 Å². The molecule has 0 aromatic heterocycles. The number of hydrogen-bond donors (Lipinski definition) is 2. The van der Waals surface area contributed by atoms with E-state index in [1.807, 2.05) is 0 Å². The van der Waals surface area contributed by atoms with Crippen LogP contribution in [-0.4, -0.2) is 76.8 Å². The van der Waals surface area contributed by atoms with Gasteiger partial charge in [-0.05, 0) is 12.5 Å². The Bertz CT molecular complexity index is 661. The second kappa shape index (κ2) is 8.97. The lowest BCUT2D eigenvalue weighted by molar-refractivity contribution is -0.0245. The number of halogens is 1. The summed E-state index contributed by atoms with van der Waals surface area (Å²) >= 11 is 6.16. The van der Waals surface area contributed by atoms with E-state index in [2.05, 4.69) is 15.5 Å². The molecular weight excluding hydrogens is 374 g/mol. The van der Waals surface area contributed by atoms with Gasteiger partial charge in [-0.3, -0.25) is 4.90 Å². The van der Waals surface area contributed by atoms with Gasteiger partial charge in [-0.2, -0.15) is 0 Å². The van der Waals surface area contributed by atoms with Crippen molar-refractivity contribution in [2.75, 3.05) is 65.6 Å². The molecule has 2 heterocycles. The minimum atomic E-state index is -0.325. The second-order valence-corrected chi connectivity index (χ2v) is 7.03. The maximum absolute atomic E-state index is 12.5. The Labute approximate surface area is 164 Å². The normalized spacial score (nSPS) is 23.1. The topological polar surface area (TPSA) is 81.3 Å². The number of morpholine rings is 1. The van der Waals surface area contributed by atoms with Crippen molar-refractivity contribution in [2.45, 2.75) is 12.0 Å². The van der Waals surface area contributed by atoms with Crippen LogP contribution in [0.25, 0.3) is 0 Å². The Morgan fingerprint density at radius 3 is 2.56 bits per heavy atom. The fraction of sp³-hybridized carbons (Fsp3) is 0.611. The summed E-state index contributed by atoms with van der Waals surface area (Å²) in [7, 11) is 3.05. The molecule has 0 radical (unpaired) electrons. The molecule has 1 aromatic rings. The molecule has 2 N–H and O–H groups in total. The molecule has 2 saturated heterocycles. The maximum atomic E-state index is 12.5. The van der Waals surface area contributed by atoms with Crippen molar-refractivity contribution >= 4 is 23.3 Å². The highest BCUT2D eigenvalue weighted by Gasteiger charge is 2.41. The monoisotopic (exact) mass is 399 g/mol. The smallest absolute Gasteiger partial charge is 0.319 e. The van der Waals surface area contributed by atoms with Crippen molar-refractivity contribution in [1.82, 2.24) is 10.2 Å². The van der Waals surface area contributed by atoms with Crippen LogP contribution in [0.1, 0.15) is 6.42 Å². The molecule has 9 heteroatoms. The number of benzene rings is 1. The van der Waals surface area contributed by atoms with Crippen molar-refractivity contribution in [3.63, 3.8) is 0 Å². The Morgan fingerprint density at radius 2 is 1.93 bits per heavy atom. The van der Waals surface area contributed by atoms with Crippen molar-refractivity contribution in [1.29, 1.82) is 0 Å². The molecule has 0 saturated carbocycles. The van der Waals surface area contributed by atoms with Crippen molar-refractivity contribution in [3.05, 3.63) is 17.2 Å². The quantitative estimate of drug-likeness (QED) is 0.761. The first-order valence-corrected chi connectivity index (χ1v) is 9.33. The van der Waals surface area contributed by atoms with Crippen LogP contribution < -0.4 is 20.1 Å². The molecular formula is C18H26ClN3O5. The number of amides is 2. The summed E-state index contributed by atoms with van der Waals surface area (Å²) in [6.07, 6.45) is 0.880. The largest absolute Gasteiger partial charge is 0.495 e. The van der Waals surface area contributed by atoms with Gasteiger partial charge in [0, 0.05) is 32.3 Å². The summed E-state index contributed by atoms with van der Waals surface area (Å²) in [6, 6.07) is 2.92. The Morgan fingerprint density at radius 1 is 1.19 bits per heavy atom. The summed E-state index contributed by atoms with van der Waals surface area (Å²) in [5.74, 6) is 0.951. The van der Waals surface area contributed by atoms with E-state index in [0.717, 1.165) is 19.5 Å². The zero-order valence-electron chi connectivity index (χ0n) is 15.7. The molecule has 2 amide bonds. The minimum Gasteiger partial charge on any atom is -0.495 e. The molecule has 0 spiro atoms. The Hall–Kier alpha value is -1.74. The third-order valence-electron chi connectivity index (χ3n) is 5.06. The Kier molecular flexibility index (Phi) is 6.64. The molecule has 150 valence electrons. The summed E-state index contributed by atoms with van der Waals surface area (Å²) in [5, 5.41) is 6.16. The van der Waals surface area contributed by atoms with Gasteiger partial charge in [-0.1, -0.05) is 11.6 Å². The number of hydrogen-bond acceptors (Lipinski definition) is 6. The zero-order chi connectivity index (χ0) is 19.3. The lowest BCUT2D eigenvalue weighted by Gasteiger charge is -2.42. The van der Waals surface area contributed by atoms with Gasteiger partial charge < -0.3 is 29.6 Å². The first-order valence-electron chi connectivity index (χ1n) is 8.95. The van der Waals surface area contributed by atoms with Crippen LogP contribution in [0.3, 0.4) is 0 Å². The molecule has 2 aliphatic rings. The highest BCUT2D eigenvalue weighted by atomic mass is 35.5. The first-order chi connectivity index (χ1) is 13.1. The zero-order valence-corrected chi connectivity index (χ0v) is 16.4. The SMILES string of the molecule is COc1cc(OC)c(NC(=O)NCC2(N3CCOCC3)CCOC2)cc1Cl. The molecule has 8 nitrogen and oxygen atoms in total. The van der Waals surface area contributed by atoms with E-state index in [0.29, 0.717) is 55.2 Å². The van der Waals surface area contributed by atoms with Gasteiger partial charge in [0.1, 0.15) is 11.5 Å². The summed E-state index contributed by atoms with van der Waals surface area (Å²) < 4.78 is 21.6. The average Bonchev–Trinajstić information content (AvgIpc) is 3.18. The summed E-state index contributed by atoms with van der Waals surface area (Å²) in [6.45, 7) is 4.88. The molecule has 1 atom stereocenters. The lowest BCUT2D eigenvalue weighted by atomic mass is 9.95. The van der Waals surface area contributed by atoms with Crippen molar-refractivity contribution in [2.24, 2.45) is 0 Å². The van der Waals surface area contributed by atoms with E-state index in [9.17, 15) is 4.79 Å². The number of carbonyl (C=O) groups excluding carboxylic acids is 1. The van der Waals surface area contributed by atoms with E-state index < -0.39 is 0 Å². The van der Waals surface area contributed by atoms with Gasteiger partial charge in [0.05, 0.1) is 50.3 Å². The molecule has 3 rings (SSSR count). The standard InChI is InChI=1S/C18H26ClN3O5/c1-24-15-10-16(25-2)14(9-13(15)19)21-17(23)20-11-18(3-6-27-12-18)22-4-7-26-8-5-22/h9-10H,3-8,11-12H2,1-2H3,(H2,20,21,23). The number of methoxy groups -OCH3 is 2. The highest BCUT2D eigenvalue weighted by Crippen LogP contribution is 2.36. The summed E-state index contributed by atoms with van der Waals surface area (Å²) in [5.41, 5.74) is 0.284. The van der Waals surface area contributed by atoms with Crippen molar-refractivity contribution < 1.29 is 23.7 Å². The van der Waals surface area contributed by atoms with Crippen LogP contribution in [0.4, 0.5) is 10.5 Å². The van der Waals surface area contributed by atoms with Crippen LogP contribution in [0.5, 0.6) is 11.5 Å². The lowest BCUT2D eigenvalue weighted by Crippen LogP contribution is -2.59. The predicted octanol–water partition coefficient (Wildman–Crippen LogP) is 1.97. The molecule has 1 aromatic carbocycles. The van der Waals surface area contributed by atoms with Crippen LogP contribution in [0.2, 0.25) is 5.02 Å². The van der Waals surface area contributed by atoms with Gasteiger partial charge in [0.2, 0.25) is 0 Å². The third-order valence-corrected chi connectivity index (χ3v) is 5.36. The van der Waals surface area contributed by atoms with Gasteiger partial charge in [0.25, 0.3) is 0 Å². The molecule has 27 heavy (non-hydrogen) atoms. The van der Waals surface area contributed by atoms with E-state index >= 15 is 0 Å². The molecule has 2 fully saturated rings. The van der Waals surface area contributed by atoms with E-state index in [1.54, 1.807) is 12.1 Å². The van der Waals surface area contributed by atoms with Gasteiger partial charge in [-0.15, -0.1) is 0 Å². The average molecular weight is 400 g/mol. The van der Waals surface area contributed by atoms with Gasteiger partial charge in [0.15, 0.2) is 0 Å². The fourth-order valence-corrected chi connectivity index (χ4v) is 3.74. The number of nitrogens with zero attached hydrogens (tertiary/aromatic N) is 1. The maximum Gasteiger partial charge on any atom is 0.319 e. The molecule has 1 unspecified atom stereocenters. The van der Waals surface area contributed by atoms with E-state index in [-0.39, 0.29) is 11.6 Å². The molecule has 0 aliphatic carbocycles. The summed E-state index contributed by atoms with van der Waals surface area (Å²) in [4.78, 5) is 14.8. The van der Waals surface area contributed by atoms with Gasteiger partial charge in [-0.25, -0.2) is 4.79 Å². The molecule has 2 aliphatic heterocycles. The van der Waals surface area contributed by atoms with Gasteiger partial charge >= 0.3 is 6.03 Å². The van der Waals surface area contributed by atoms with Crippen molar-refractivity contribution in [3.8, 4) is 11.5 Å². The number of urea groups is 1. The van der Waals surface area contributed by atoms with Crippen LogP contribution in [0.15, 0.2) is 12.1 Å². The number of rotatable bonds is 6. The number of ether oxygens (including phenoxy) is 4. The van der Waals surface area contributed by atoms with E-state index in [1.165, 1.54) is 14.2 Å². The highest BCUT2D eigenvalue weighted by molar-refractivity contribution is 6.32. The molecule has 0 bridgehead atoms. The number of anilines is 1. The number of nitrogens with one attached hydrogen (secondary N) is 2. The number of carbonyl (C=O) groups is 1. The fourth-order valence-electron chi connectivity index (χ4n) is 3.50.